The first-order valence-electron chi connectivity index (χ1n) is 9.69. The Kier molecular flexibility index (Phi) is 6.22. The van der Waals surface area contributed by atoms with Gasteiger partial charge in [-0.25, -0.2) is 0 Å². The number of rotatable bonds is 4. The van der Waals surface area contributed by atoms with Crippen LogP contribution in [-0.4, -0.2) is 22.8 Å². The van der Waals surface area contributed by atoms with E-state index in [1.807, 2.05) is 32.0 Å². The van der Waals surface area contributed by atoms with Gasteiger partial charge in [-0.2, -0.15) is 0 Å². The van der Waals surface area contributed by atoms with Gasteiger partial charge in [0.2, 0.25) is 0 Å². The number of carbonyl (C=O) groups excluding carboxylic acids is 2. The van der Waals surface area contributed by atoms with Crippen molar-refractivity contribution in [1.29, 1.82) is 0 Å². The second-order valence-corrected chi connectivity index (χ2v) is 7.31. The van der Waals surface area contributed by atoms with Crippen molar-refractivity contribution in [2.45, 2.75) is 58.4 Å². The zero-order chi connectivity index (χ0) is 19.2. The first-order valence-corrected chi connectivity index (χ1v) is 9.69. The van der Waals surface area contributed by atoms with Gasteiger partial charge in [-0.15, -0.1) is 0 Å². The van der Waals surface area contributed by atoms with Crippen LogP contribution in [0.15, 0.2) is 36.5 Å². The van der Waals surface area contributed by atoms with Gasteiger partial charge >= 0.3 is 0 Å². The zero-order valence-electron chi connectivity index (χ0n) is 16.0. The minimum Gasteiger partial charge on any atom is -0.348 e. The van der Waals surface area contributed by atoms with E-state index in [1.165, 1.54) is 19.0 Å². The fraction of sp³-hybridized carbons (Fsp3) is 0.409. The third-order valence-electron chi connectivity index (χ3n) is 5.16. The smallest absolute Gasteiger partial charge is 0.270 e. The van der Waals surface area contributed by atoms with Gasteiger partial charge in [0.15, 0.2) is 0 Å². The average Bonchev–Trinajstić information content (AvgIpc) is 2.93. The molecule has 1 heterocycles. The summed E-state index contributed by atoms with van der Waals surface area (Å²) in [5.74, 6) is -0.443. The van der Waals surface area contributed by atoms with E-state index >= 15 is 0 Å². The SMILES string of the molecule is Cc1cccc(C)c1NC(=O)c1ccnc(C(=O)NC2CCCCCC2)c1. The lowest BCUT2D eigenvalue weighted by Gasteiger charge is -2.16. The number of hydrogen-bond donors (Lipinski definition) is 2. The van der Waals surface area contributed by atoms with Crippen LogP contribution in [0.25, 0.3) is 0 Å². The second kappa shape index (κ2) is 8.80. The highest BCUT2D eigenvalue weighted by Gasteiger charge is 2.18. The molecule has 27 heavy (non-hydrogen) atoms. The third kappa shape index (κ3) is 4.94. The predicted octanol–water partition coefficient (Wildman–Crippen LogP) is 4.40. The summed E-state index contributed by atoms with van der Waals surface area (Å²) < 4.78 is 0. The Bertz CT molecular complexity index is 804. The molecule has 1 aromatic carbocycles. The molecular weight excluding hydrogens is 338 g/mol. The molecule has 1 aliphatic carbocycles. The van der Waals surface area contributed by atoms with E-state index in [9.17, 15) is 9.59 Å². The van der Waals surface area contributed by atoms with Crippen LogP contribution in [0.4, 0.5) is 5.69 Å². The first-order chi connectivity index (χ1) is 13.0. The van der Waals surface area contributed by atoms with Crippen LogP contribution in [0.3, 0.4) is 0 Å². The molecule has 1 aliphatic rings. The number of nitrogens with one attached hydrogen (secondary N) is 2. The van der Waals surface area contributed by atoms with Crippen LogP contribution >= 0.6 is 0 Å². The van der Waals surface area contributed by atoms with Gasteiger partial charge in [-0.3, -0.25) is 14.6 Å². The van der Waals surface area contributed by atoms with Crippen molar-refractivity contribution in [2.75, 3.05) is 5.32 Å². The van der Waals surface area contributed by atoms with Crippen molar-refractivity contribution in [1.82, 2.24) is 10.3 Å². The number of anilines is 1. The van der Waals surface area contributed by atoms with Crippen LogP contribution in [-0.2, 0) is 0 Å². The monoisotopic (exact) mass is 365 g/mol. The fourth-order valence-electron chi connectivity index (χ4n) is 3.58. The summed E-state index contributed by atoms with van der Waals surface area (Å²) in [5, 5.41) is 6.03. The van der Waals surface area contributed by atoms with E-state index in [1.54, 1.807) is 12.1 Å². The summed E-state index contributed by atoms with van der Waals surface area (Å²) in [6, 6.07) is 9.28. The molecule has 3 rings (SSSR count). The summed E-state index contributed by atoms with van der Waals surface area (Å²) in [6.07, 6.45) is 8.31. The number of carbonyl (C=O) groups is 2. The number of hydrogen-bond acceptors (Lipinski definition) is 3. The molecule has 2 N–H and O–H groups in total. The number of aromatic nitrogens is 1. The van der Waals surface area contributed by atoms with E-state index in [-0.39, 0.29) is 23.6 Å². The lowest BCUT2D eigenvalue weighted by Crippen LogP contribution is -2.35. The standard InChI is InChI=1S/C22H27N3O2/c1-15-8-7-9-16(2)20(15)25-21(26)17-12-13-23-19(14-17)22(27)24-18-10-5-3-4-6-11-18/h7-9,12-14,18H,3-6,10-11H2,1-2H3,(H,24,27)(H,25,26). The van der Waals surface area contributed by atoms with Crippen molar-refractivity contribution in [3.63, 3.8) is 0 Å². The summed E-state index contributed by atoms with van der Waals surface area (Å²) in [6.45, 7) is 3.92. The molecule has 0 radical (unpaired) electrons. The Morgan fingerprint density at radius 1 is 0.963 bits per heavy atom. The van der Waals surface area contributed by atoms with Crippen LogP contribution in [0.5, 0.6) is 0 Å². The molecule has 2 aromatic rings. The molecule has 1 saturated carbocycles. The highest BCUT2D eigenvalue weighted by atomic mass is 16.2. The minimum absolute atomic E-state index is 0.203. The molecule has 5 heteroatoms. The molecule has 0 atom stereocenters. The van der Waals surface area contributed by atoms with Gasteiger partial charge in [-0.1, -0.05) is 43.9 Å². The molecule has 0 saturated heterocycles. The molecule has 0 unspecified atom stereocenters. The molecule has 142 valence electrons. The Labute approximate surface area is 160 Å². The summed E-state index contributed by atoms with van der Waals surface area (Å²) >= 11 is 0. The van der Waals surface area contributed by atoms with Gasteiger partial charge in [0, 0.05) is 23.5 Å². The van der Waals surface area contributed by atoms with E-state index in [0.717, 1.165) is 42.5 Å². The maximum Gasteiger partial charge on any atom is 0.270 e. The average molecular weight is 365 g/mol. The number of pyridine rings is 1. The van der Waals surface area contributed by atoms with Gasteiger partial charge < -0.3 is 10.6 Å². The Morgan fingerprint density at radius 2 is 1.63 bits per heavy atom. The highest BCUT2D eigenvalue weighted by Crippen LogP contribution is 2.21. The Balaban J connectivity index is 1.70. The molecule has 5 nitrogen and oxygen atoms in total. The molecule has 2 amide bonds. The van der Waals surface area contributed by atoms with Crippen LogP contribution < -0.4 is 10.6 Å². The van der Waals surface area contributed by atoms with E-state index in [0.29, 0.717) is 5.56 Å². The Hall–Kier alpha value is -2.69. The number of benzene rings is 1. The predicted molar refractivity (Wildman–Crippen MR) is 107 cm³/mol. The number of para-hydroxylation sites is 1. The molecule has 1 fully saturated rings. The molecule has 0 aliphatic heterocycles. The Morgan fingerprint density at radius 3 is 2.30 bits per heavy atom. The second-order valence-electron chi connectivity index (χ2n) is 7.31. The molecular formula is C22H27N3O2. The maximum atomic E-state index is 12.7. The quantitative estimate of drug-likeness (QED) is 0.789. The van der Waals surface area contributed by atoms with Gasteiger partial charge in [0.1, 0.15) is 5.69 Å². The number of nitrogens with zero attached hydrogens (tertiary/aromatic N) is 1. The van der Waals surface area contributed by atoms with Crippen LogP contribution in [0.2, 0.25) is 0 Å². The van der Waals surface area contributed by atoms with Crippen LogP contribution in [0.1, 0.15) is 70.5 Å². The van der Waals surface area contributed by atoms with Crippen molar-refractivity contribution >= 4 is 17.5 Å². The third-order valence-corrected chi connectivity index (χ3v) is 5.16. The number of amides is 2. The van der Waals surface area contributed by atoms with Gasteiger partial charge in [0.25, 0.3) is 11.8 Å². The van der Waals surface area contributed by atoms with Crippen molar-refractivity contribution < 1.29 is 9.59 Å². The van der Waals surface area contributed by atoms with Crippen molar-refractivity contribution in [3.8, 4) is 0 Å². The highest BCUT2D eigenvalue weighted by molar-refractivity contribution is 6.06. The van der Waals surface area contributed by atoms with Gasteiger partial charge in [-0.05, 0) is 49.9 Å². The molecule has 1 aromatic heterocycles. The molecule has 0 spiro atoms. The maximum absolute atomic E-state index is 12.7. The zero-order valence-corrected chi connectivity index (χ0v) is 16.0. The summed E-state index contributed by atoms with van der Waals surface area (Å²) in [4.78, 5) is 29.4. The van der Waals surface area contributed by atoms with E-state index < -0.39 is 0 Å². The van der Waals surface area contributed by atoms with E-state index in [2.05, 4.69) is 15.6 Å². The van der Waals surface area contributed by atoms with Crippen molar-refractivity contribution in [2.24, 2.45) is 0 Å². The lowest BCUT2D eigenvalue weighted by atomic mass is 10.1. The van der Waals surface area contributed by atoms with Crippen LogP contribution in [0, 0.1) is 13.8 Å². The van der Waals surface area contributed by atoms with E-state index in [4.69, 9.17) is 0 Å². The fourth-order valence-corrected chi connectivity index (χ4v) is 3.58. The summed E-state index contributed by atoms with van der Waals surface area (Å²) in [5.41, 5.74) is 3.53. The van der Waals surface area contributed by atoms with Crippen molar-refractivity contribution in [3.05, 3.63) is 58.9 Å². The largest absolute Gasteiger partial charge is 0.348 e. The topological polar surface area (TPSA) is 71.1 Å². The lowest BCUT2D eigenvalue weighted by molar-refractivity contribution is 0.0928. The van der Waals surface area contributed by atoms with Gasteiger partial charge in [0.05, 0.1) is 0 Å². The summed E-state index contributed by atoms with van der Waals surface area (Å²) in [7, 11) is 0. The molecule has 0 bridgehead atoms. The first kappa shape index (κ1) is 19.1. The minimum atomic E-state index is -0.238. The number of aryl methyl sites for hydroxylation is 2. The normalized spacial score (nSPS) is 15.0.